The minimum atomic E-state index is -0.461. The molecule has 2 atom stereocenters. The molecule has 1 aliphatic heterocycles. The Morgan fingerprint density at radius 2 is 2.06 bits per heavy atom. The van der Waals surface area contributed by atoms with Crippen LogP contribution in [0, 0.1) is 17.2 Å². The van der Waals surface area contributed by atoms with E-state index in [4.69, 9.17) is 0 Å². The molecule has 4 nitrogen and oxygen atoms in total. The maximum Gasteiger partial charge on any atom is 0.242 e. The first-order valence-corrected chi connectivity index (χ1v) is 6.40. The summed E-state index contributed by atoms with van der Waals surface area (Å²) in [6.45, 7) is 5.63. The van der Waals surface area contributed by atoms with Crippen LogP contribution in [0.25, 0.3) is 0 Å². The fraction of sp³-hybridized carbons (Fsp3) is 0.846. The van der Waals surface area contributed by atoms with Crippen molar-refractivity contribution < 1.29 is 4.79 Å². The Labute approximate surface area is 103 Å². The van der Waals surface area contributed by atoms with E-state index >= 15 is 0 Å². The van der Waals surface area contributed by atoms with Crippen LogP contribution >= 0.6 is 0 Å². The third-order valence-corrected chi connectivity index (χ3v) is 4.31. The molecule has 0 radical (unpaired) electrons. The molecule has 17 heavy (non-hydrogen) atoms. The van der Waals surface area contributed by atoms with Crippen molar-refractivity contribution in [3.8, 4) is 6.07 Å². The lowest BCUT2D eigenvalue weighted by atomic mass is 9.92. The van der Waals surface area contributed by atoms with E-state index in [1.807, 2.05) is 20.9 Å². The van der Waals surface area contributed by atoms with E-state index in [0.717, 1.165) is 32.4 Å². The largest absolute Gasteiger partial charge is 0.343 e. The maximum atomic E-state index is 12.2. The molecule has 0 aromatic carbocycles. The number of hydrogen-bond acceptors (Lipinski definition) is 3. The van der Waals surface area contributed by atoms with Gasteiger partial charge in [0.15, 0.2) is 0 Å². The highest BCUT2D eigenvalue weighted by Crippen LogP contribution is 2.35. The molecule has 2 unspecified atom stereocenters. The lowest BCUT2D eigenvalue weighted by Gasteiger charge is -2.48. The molecule has 1 aliphatic carbocycles. The summed E-state index contributed by atoms with van der Waals surface area (Å²) in [5.41, 5.74) is -0.461. The van der Waals surface area contributed by atoms with Crippen molar-refractivity contribution in [2.24, 2.45) is 5.92 Å². The highest BCUT2D eigenvalue weighted by atomic mass is 16.2. The lowest BCUT2D eigenvalue weighted by Crippen LogP contribution is -2.65. The Balaban J connectivity index is 2.21. The molecular formula is C13H21N3O. The van der Waals surface area contributed by atoms with E-state index < -0.39 is 5.54 Å². The standard InChI is InChI=1S/C13H21N3O/c1-13(2)12(17)15(3)7-8-16(13)11-6-4-5-10(11)9-14/h10-11H,4-8H2,1-3H3. The van der Waals surface area contributed by atoms with Crippen LogP contribution < -0.4 is 0 Å². The van der Waals surface area contributed by atoms with Gasteiger partial charge < -0.3 is 4.90 Å². The molecular weight excluding hydrogens is 214 g/mol. The van der Waals surface area contributed by atoms with Gasteiger partial charge in [-0.1, -0.05) is 6.42 Å². The minimum Gasteiger partial charge on any atom is -0.343 e. The average Bonchev–Trinajstić information content (AvgIpc) is 2.74. The van der Waals surface area contributed by atoms with Crippen LogP contribution in [-0.2, 0) is 4.79 Å². The molecule has 2 fully saturated rings. The smallest absolute Gasteiger partial charge is 0.242 e. The summed E-state index contributed by atoms with van der Waals surface area (Å²) in [7, 11) is 1.86. The second-order valence-corrected chi connectivity index (χ2v) is 5.71. The first-order chi connectivity index (χ1) is 7.98. The number of carbonyl (C=O) groups excluding carboxylic acids is 1. The van der Waals surface area contributed by atoms with Crippen molar-refractivity contribution in [3.63, 3.8) is 0 Å². The van der Waals surface area contributed by atoms with Gasteiger partial charge in [-0.05, 0) is 26.7 Å². The minimum absolute atomic E-state index is 0.102. The van der Waals surface area contributed by atoms with Gasteiger partial charge in [0.25, 0.3) is 0 Å². The maximum absolute atomic E-state index is 12.2. The predicted molar refractivity (Wildman–Crippen MR) is 65.2 cm³/mol. The summed E-state index contributed by atoms with van der Waals surface area (Å²) in [4.78, 5) is 16.3. The van der Waals surface area contributed by atoms with Gasteiger partial charge in [0.1, 0.15) is 0 Å². The molecule has 0 aromatic rings. The zero-order valence-electron chi connectivity index (χ0n) is 10.9. The van der Waals surface area contributed by atoms with E-state index in [0.29, 0.717) is 0 Å². The van der Waals surface area contributed by atoms with Crippen molar-refractivity contribution in [1.82, 2.24) is 9.80 Å². The summed E-state index contributed by atoms with van der Waals surface area (Å²) in [5.74, 6) is 0.276. The summed E-state index contributed by atoms with van der Waals surface area (Å²) >= 11 is 0. The van der Waals surface area contributed by atoms with Crippen LogP contribution in [0.1, 0.15) is 33.1 Å². The number of amides is 1. The molecule has 2 aliphatic rings. The summed E-state index contributed by atoms with van der Waals surface area (Å²) in [5, 5.41) is 9.18. The zero-order chi connectivity index (χ0) is 12.6. The normalized spacial score (nSPS) is 33.8. The first-order valence-electron chi connectivity index (χ1n) is 6.40. The van der Waals surface area contributed by atoms with Crippen LogP contribution in [0.4, 0.5) is 0 Å². The van der Waals surface area contributed by atoms with E-state index in [-0.39, 0.29) is 17.9 Å². The highest BCUT2D eigenvalue weighted by Gasteiger charge is 2.46. The molecule has 0 spiro atoms. The van der Waals surface area contributed by atoms with Crippen molar-refractivity contribution in [2.75, 3.05) is 20.1 Å². The molecule has 1 heterocycles. The number of rotatable bonds is 1. The van der Waals surface area contributed by atoms with Crippen LogP contribution in [-0.4, -0.2) is 47.4 Å². The molecule has 94 valence electrons. The van der Waals surface area contributed by atoms with Gasteiger partial charge in [-0.2, -0.15) is 5.26 Å². The Morgan fingerprint density at radius 3 is 2.71 bits per heavy atom. The second-order valence-electron chi connectivity index (χ2n) is 5.71. The van der Waals surface area contributed by atoms with E-state index in [1.54, 1.807) is 4.90 Å². The monoisotopic (exact) mass is 235 g/mol. The highest BCUT2D eigenvalue weighted by molar-refractivity contribution is 5.86. The summed E-state index contributed by atoms with van der Waals surface area (Å²) in [6.07, 6.45) is 3.15. The Morgan fingerprint density at radius 1 is 1.35 bits per heavy atom. The summed E-state index contributed by atoms with van der Waals surface area (Å²) < 4.78 is 0. The fourth-order valence-electron chi connectivity index (χ4n) is 3.27. The van der Waals surface area contributed by atoms with Crippen molar-refractivity contribution in [3.05, 3.63) is 0 Å². The Hall–Kier alpha value is -1.08. The molecule has 0 aromatic heterocycles. The van der Waals surface area contributed by atoms with E-state index in [1.165, 1.54) is 0 Å². The van der Waals surface area contributed by atoms with Gasteiger partial charge in [0.05, 0.1) is 17.5 Å². The first kappa shape index (κ1) is 12.4. The van der Waals surface area contributed by atoms with Crippen LogP contribution in [0.5, 0.6) is 0 Å². The van der Waals surface area contributed by atoms with Crippen LogP contribution in [0.2, 0.25) is 0 Å². The van der Waals surface area contributed by atoms with E-state index in [9.17, 15) is 10.1 Å². The number of nitrogens with zero attached hydrogens (tertiary/aromatic N) is 3. The summed E-state index contributed by atoms with van der Waals surface area (Å²) in [6, 6.07) is 2.68. The number of carbonyl (C=O) groups is 1. The SMILES string of the molecule is CN1CCN(C2CCCC2C#N)C(C)(C)C1=O. The van der Waals surface area contributed by atoms with Crippen molar-refractivity contribution in [2.45, 2.75) is 44.7 Å². The fourth-order valence-corrected chi connectivity index (χ4v) is 3.27. The molecule has 1 amide bonds. The van der Waals surface area contributed by atoms with Gasteiger partial charge in [-0.25, -0.2) is 0 Å². The number of likely N-dealkylation sites (N-methyl/N-ethyl adjacent to an activating group) is 1. The van der Waals surface area contributed by atoms with Crippen LogP contribution in [0.15, 0.2) is 0 Å². The quantitative estimate of drug-likeness (QED) is 0.687. The molecule has 1 saturated carbocycles. The van der Waals surface area contributed by atoms with Gasteiger partial charge in [-0.15, -0.1) is 0 Å². The molecule has 1 saturated heterocycles. The second kappa shape index (κ2) is 4.30. The van der Waals surface area contributed by atoms with Gasteiger partial charge >= 0.3 is 0 Å². The van der Waals surface area contributed by atoms with Crippen LogP contribution in [0.3, 0.4) is 0 Å². The third-order valence-electron chi connectivity index (χ3n) is 4.31. The van der Waals surface area contributed by atoms with E-state index in [2.05, 4.69) is 11.0 Å². The molecule has 0 N–H and O–H groups in total. The average molecular weight is 235 g/mol. The number of piperazine rings is 1. The Bertz CT molecular complexity index is 358. The van der Waals surface area contributed by atoms with Gasteiger partial charge in [-0.3, -0.25) is 9.69 Å². The predicted octanol–water partition coefficient (Wildman–Crippen LogP) is 1.23. The third kappa shape index (κ3) is 1.93. The topological polar surface area (TPSA) is 47.3 Å². The number of hydrogen-bond donors (Lipinski definition) is 0. The number of nitriles is 1. The molecule has 0 bridgehead atoms. The van der Waals surface area contributed by atoms with Gasteiger partial charge in [0.2, 0.25) is 5.91 Å². The molecule has 2 rings (SSSR count). The molecule has 4 heteroatoms. The zero-order valence-corrected chi connectivity index (χ0v) is 10.9. The van der Waals surface area contributed by atoms with Gasteiger partial charge in [0, 0.05) is 26.2 Å². The Kier molecular flexibility index (Phi) is 3.13. The van der Waals surface area contributed by atoms with Crippen molar-refractivity contribution >= 4 is 5.91 Å². The lowest BCUT2D eigenvalue weighted by molar-refractivity contribution is -0.149. The van der Waals surface area contributed by atoms with Crippen molar-refractivity contribution in [1.29, 1.82) is 5.26 Å².